The molecule has 0 aliphatic heterocycles. The SMILES string of the molecule is CCCCCc1cccc2c1CCCC2. The van der Waals surface area contributed by atoms with Crippen molar-refractivity contribution in [2.24, 2.45) is 0 Å². The van der Waals surface area contributed by atoms with Gasteiger partial charge in [0.1, 0.15) is 0 Å². The molecule has 0 spiro atoms. The normalized spacial score (nSPS) is 15.0. The summed E-state index contributed by atoms with van der Waals surface area (Å²) < 4.78 is 0. The van der Waals surface area contributed by atoms with Crippen LogP contribution in [0.15, 0.2) is 18.2 Å². The average Bonchev–Trinajstić information content (AvgIpc) is 2.30. The second kappa shape index (κ2) is 5.34. The van der Waals surface area contributed by atoms with E-state index in [1.807, 2.05) is 0 Å². The fourth-order valence-electron chi connectivity index (χ4n) is 2.66. The molecular weight excluding hydrogens is 180 g/mol. The minimum Gasteiger partial charge on any atom is -0.0654 e. The van der Waals surface area contributed by atoms with E-state index < -0.39 is 0 Å². The molecule has 1 aliphatic carbocycles. The summed E-state index contributed by atoms with van der Waals surface area (Å²) in [6.07, 6.45) is 10.8. The third-order valence-corrected chi connectivity index (χ3v) is 3.54. The average molecular weight is 202 g/mol. The summed E-state index contributed by atoms with van der Waals surface area (Å²) in [6, 6.07) is 6.93. The first-order valence-electron chi connectivity index (χ1n) is 6.51. The van der Waals surface area contributed by atoms with Gasteiger partial charge in [0.05, 0.1) is 0 Å². The number of fused-ring (bicyclic) bond motifs is 1. The molecule has 0 bridgehead atoms. The zero-order valence-electron chi connectivity index (χ0n) is 9.89. The summed E-state index contributed by atoms with van der Waals surface area (Å²) in [5.74, 6) is 0. The molecule has 0 saturated heterocycles. The van der Waals surface area contributed by atoms with Gasteiger partial charge in [-0.3, -0.25) is 0 Å². The topological polar surface area (TPSA) is 0 Å². The van der Waals surface area contributed by atoms with Crippen LogP contribution in [0.2, 0.25) is 0 Å². The number of aryl methyl sites for hydroxylation is 2. The van der Waals surface area contributed by atoms with Gasteiger partial charge >= 0.3 is 0 Å². The number of hydrogen-bond acceptors (Lipinski definition) is 0. The lowest BCUT2D eigenvalue weighted by atomic mass is 9.87. The van der Waals surface area contributed by atoms with Crippen molar-refractivity contribution in [1.82, 2.24) is 0 Å². The van der Waals surface area contributed by atoms with Gasteiger partial charge < -0.3 is 0 Å². The van der Waals surface area contributed by atoms with Gasteiger partial charge in [0.15, 0.2) is 0 Å². The first-order valence-corrected chi connectivity index (χ1v) is 6.51. The molecule has 82 valence electrons. The molecule has 0 heteroatoms. The summed E-state index contributed by atoms with van der Waals surface area (Å²) in [5.41, 5.74) is 4.97. The third-order valence-electron chi connectivity index (χ3n) is 3.54. The number of unbranched alkanes of at least 4 members (excludes halogenated alkanes) is 2. The van der Waals surface area contributed by atoms with Crippen molar-refractivity contribution in [3.05, 3.63) is 34.9 Å². The van der Waals surface area contributed by atoms with Crippen molar-refractivity contribution in [3.8, 4) is 0 Å². The highest BCUT2D eigenvalue weighted by Gasteiger charge is 2.11. The third kappa shape index (κ3) is 2.62. The van der Waals surface area contributed by atoms with E-state index in [2.05, 4.69) is 25.1 Å². The summed E-state index contributed by atoms with van der Waals surface area (Å²) in [5, 5.41) is 0. The Morgan fingerprint density at radius 1 is 1.07 bits per heavy atom. The minimum atomic E-state index is 1.30. The highest BCUT2D eigenvalue weighted by Crippen LogP contribution is 2.25. The van der Waals surface area contributed by atoms with E-state index in [0.29, 0.717) is 0 Å². The molecule has 0 radical (unpaired) electrons. The van der Waals surface area contributed by atoms with Crippen LogP contribution in [0.25, 0.3) is 0 Å². The maximum absolute atomic E-state index is 2.35. The Kier molecular flexibility index (Phi) is 3.82. The van der Waals surface area contributed by atoms with Crippen LogP contribution in [0, 0.1) is 0 Å². The molecule has 0 atom stereocenters. The van der Waals surface area contributed by atoms with E-state index in [1.165, 1.54) is 51.4 Å². The lowest BCUT2D eigenvalue weighted by Crippen LogP contribution is -2.06. The maximum atomic E-state index is 2.35. The lowest BCUT2D eigenvalue weighted by Gasteiger charge is -2.19. The van der Waals surface area contributed by atoms with Crippen molar-refractivity contribution in [1.29, 1.82) is 0 Å². The van der Waals surface area contributed by atoms with Crippen molar-refractivity contribution < 1.29 is 0 Å². The van der Waals surface area contributed by atoms with E-state index >= 15 is 0 Å². The summed E-state index contributed by atoms with van der Waals surface area (Å²) in [4.78, 5) is 0. The Morgan fingerprint density at radius 3 is 2.80 bits per heavy atom. The molecular formula is C15H22. The lowest BCUT2D eigenvalue weighted by molar-refractivity contribution is 0.665. The molecule has 0 nitrogen and oxygen atoms in total. The first-order chi connectivity index (χ1) is 7.42. The van der Waals surface area contributed by atoms with Crippen LogP contribution in [0.4, 0.5) is 0 Å². The van der Waals surface area contributed by atoms with E-state index in [1.54, 1.807) is 16.7 Å². The summed E-state index contributed by atoms with van der Waals surface area (Å²) in [6.45, 7) is 2.28. The molecule has 2 rings (SSSR count). The van der Waals surface area contributed by atoms with Crippen molar-refractivity contribution in [2.75, 3.05) is 0 Å². The molecule has 0 aromatic heterocycles. The fourth-order valence-corrected chi connectivity index (χ4v) is 2.66. The second-order valence-electron chi connectivity index (χ2n) is 4.72. The van der Waals surface area contributed by atoms with Crippen LogP contribution in [0.1, 0.15) is 55.7 Å². The van der Waals surface area contributed by atoms with Crippen molar-refractivity contribution in [2.45, 2.75) is 58.3 Å². The van der Waals surface area contributed by atoms with Crippen LogP contribution in [-0.2, 0) is 19.3 Å². The van der Waals surface area contributed by atoms with Crippen LogP contribution < -0.4 is 0 Å². The zero-order chi connectivity index (χ0) is 10.5. The van der Waals surface area contributed by atoms with Gasteiger partial charge in [-0.1, -0.05) is 38.0 Å². The van der Waals surface area contributed by atoms with Crippen molar-refractivity contribution >= 4 is 0 Å². The molecule has 15 heavy (non-hydrogen) atoms. The van der Waals surface area contributed by atoms with Gasteiger partial charge in [-0.05, 0) is 55.2 Å². The van der Waals surface area contributed by atoms with Gasteiger partial charge in [0.25, 0.3) is 0 Å². The van der Waals surface area contributed by atoms with Gasteiger partial charge in [-0.2, -0.15) is 0 Å². The number of rotatable bonds is 4. The number of hydrogen-bond donors (Lipinski definition) is 0. The quantitative estimate of drug-likeness (QED) is 0.639. The van der Waals surface area contributed by atoms with Gasteiger partial charge in [0.2, 0.25) is 0 Å². The van der Waals surface area contributed by atoms with Gasteiger partial charge in [0, 0.05) is 0 Å². The predicted molar refractivity (Wildman–Crippen MR) is 66.3 cm³/mol. The Labute approximate surface area is 93.7 Å². The van der Waals surface area contributed by atoms with Crippen LogP contribution >= 0.6 is 0 Å². The molecule has 1 aromatic rings. The van der Waals surface area contributed by atoms with E-state index in [0.717, 1.165) is 0 Å². The summed E-state index contributed by atoms with van der Waals surface area (Å²) >= 11 is 0. The Bertz CT molecular complexity index is 312. The molecule has 0 saturated carbocycles. The largest absolute Gasteiger partial charge is 0.0654 e. The standard InChI is InChI=1S/C15H22/c1-2-3-4-8-13-10-7-11-14-9-5-6-12-15(13)14/h7,10-11H,2-6,8-9,12H2,1H3. The van der Waals surface area contributed by atoms with Crippen molar-refractivity contribution in [3.63, 3.8) is 0 Å². The van der Waals surface area contributed by atoms with Crippen LogP contribution in [-0.4, -0.2) is 0 Å². The minimum absolute atomic E-state index is 1.30. The van der Waals surface area contributed by atoms with Gasteiger partial charge in [-0.25, -0.2) is 0 Å². The van der Waals surface area contributed by atoms with E-state index in [-0.39, 0.29) is 0 Å². The zero-order valence-corrected chi connectivity index (χ0v) is 9.89. The molecule has 0 N–H and O–H groups in total. The van der Waals surface area contributed by atoms with E-state index in [9.17, 15) is 0 Å². The maximum Gasteiger partial charge on any atom is -0.0273 e. The van der Waals surface area contributed by atoms with Gasteiger partial charge in [-0.15, -0.1) is 0 Å². The van der Waals surface area contributed by atoms with Crippen LogP contribution in [0.5, 0.6) is 0 Å². The predicted octanol–water partition coefficient (Wildman–Crippen LogP) is 4.30. The summed E-state index contributed by atoms with van der Waals surface area (Å²) in [7, 11) is 0. The van der Waals surface area contributed by atoms with E-state index in [4.69, 9.17) is 0 Å². The number of benzene rings is 1. The molecule has 0 unspecified atom stereocenters. The fraction of sp³-hybridized carbons (Fsp3) is 0.600. The monoisotopic (exact) mass is 202 g/mol. The molecule has 0 amide bonds. The molecule has 1 aromatic carbocycles. The second-order valence-corrected chi connectivity index (χ2v) is 4.72. The highest BCUT2D eigenvalue weighted by molar-refractivity contribution is 5.37. The van der Waals surface area contributed by atoms with Crippen LogP contribution in [0.3, 0.4) is 0 Å². The smallest absolute Gasteiger partial charge is 0.0273 e. The molecule has 0 heterocycles. The Hall–Kier alpha value is -0.780. The Morgan fingerprint density at radius 2 is 1.93 bits per heavy atom. The first kappa shape index (κ1) is 10.7. The Balaban J connectivity index is 2.09. The molecule has 1 aliphatic rings. The highest BCUT2D eigenvalue weighted by atomic mass is 14.2. The molecule has 0 fully saturated rings.